The van der Waals surface area contributed by atoms with Crippen LogP contribution in [0, 0.1) is 0 Å². The average molecular weight is 275 g/mol. The molecule has 0 bridgehead atoms. The lowest BCUT2D eigenvalue weighted by molar-refractivity contribution is -0.123. The molecule has 0 spiro atoms. The first-order chi connectivity index (χ1) is 9.74. The van der Waals surface area contributed by atoms with Crippen LogP contribution in [0.4, 0.5) is 11.4 Å². The fraction of sp³-hybridized carbons (Fsp3) is 0.429. The van der Waals surface area contributed by atoms with Crippen LogP contribution in [0.3, 0.4) is 0 Å². The van der Waals surface area contributed by atoms with E-state index in [0.29, 0.717) is 25.4 Å². The highest BCUT2D eigenvalue weighted by atomic mass is 16.5. The highest BCUT2D eigenvalue weighted by Gasteiger charge is 2.27. The van der Waals surface area contributed by atoms with E-state index in [0.717, 1.165) is 18.8 Å². The van der Waals surface area contributed by atoms with Crippen molar-refractivity contribution in [1.29, 1.82) is 0 Å². The van der Waals surface area contributed by atoms with Gasteiger partial charge in [-0.1, -0.05) is 12.1 Å². The first-order valence-corrected chi connectivity index (χ1v) is 6.73. The number of para-hydroxylation sites is 2. The van der Waals surface area contributed by atoms with Crippen LogP contribution in [0.15, 0.2) is 24.3 Å². The van der Waals surface area contributed by atoms with Gasteiger partial charge in [0.05, 0.1) is 31.1 Å². The molecule has 20 heavy (non-hydrogen) atoms. The zero-order valence-corrected chi connectivity index (χ0v) is 11.2. The van der Waals surface area contributed by atoms with E-state index in [1.165, 1.54) is 0 Å². The third kappa shape index (κ3) is 2.66. The molecule has 0 saturated carbocycles. The Bertz CT molecular complexity index is 526. The van der Waals surface area contributed by atoms with Crippen LogP contribution in [0.5, 0.6) is 0 Å². The summed E-state index contributed by atoms with van der Waals surface area (Å²) in [6.07, 6.45) is 0. The first kappa shape index (κ1) is 13.1. The molecule has 0 aliphatic carbocycles. The molecular formula is C14H17N3O3. The molecule has 2 aliphatic rings. The molecule has 2 aliphatic heterocycles. The number of hydrogen-bond acceptors (Lipinski definition) is 4. The predicted octanol–water partition coefficient (Wildman–Crippen LogP) is 0.304. The minimum absolute atomic E-state index is 0.0470. The van der Waals surface area contributed by atoms with Gasteiger partial charge in [-0.15, -0.1) is 0 Å². The molecule has 0 radical (unpaired) electrons. The van der Waals surface area contributed by atoms with E-state index < -0.39 is 0 Å². The number of rotatable bonds is 2. The van der Waals surface area contributed by atoms with Crippen molar-refractivity contribution in [3.63, 3.8) is 0 Å². The van der Waals surface area contributed by atoms with Gasteiger partial charge in [-0.25, -0.2) is 0 Å². The number of anilines is 2. The van der Waals surface area contributed by atoms with Gasteiger partial charge in [0.25, 0.3) is 0 Å². The smallest absolute Gasteiger partial charge is 0.244 e. The van der Waals surface area contributed by atoms with Crippen LogP contribution < -0.4 is 10.2 Å². The third-order valence-electron chi connectivity index (χ3n) is 3.53. The molecule has 2 amide bonds. The molecule has 3 rings (SSSR count). The summed E-state index contributed by atoms with van der Waals surface area (Å²) >= 11 is 0. The molecule has 2 heterocycles. The van der Waals surface area contributed by atoms with Gasteiger partial charge in [-0.3, -0.25) is 19.4 Å². The van der Waals surface area contributed by atoms with E-state index in [-0.39, 0.29) is 18.4 Å². The summed E-state index contributed by atoms with van der Waals surface area (Å²) in [7, 11) is 0. The first-order valence-electron chi connectivity index (χ1n) is 6.73. The van der Waals surface area contributed by atoms with Crippen LogP contribution in [-0.2, 0) is 14.3 Å². The van der Waals surface area contributed by atoms with Gasteiger partial charge in [0.2, 0.25) is 11.8 Å². The molecule has 1 saturated heterocycles. The molecule has 6 heteroatoms. The molecule has 0 unspecified atom stereocenters. The van der Waals surface area contributed by atoms with Crippen molar-refractivity contribution >= 4 is 23.2 Å². The normalized spacial score (nSPS) is 19.4. The average Bonchev–Trinajstić information content (AvgIpc) is 2.47. The number of carbonyl (C=O) groups excluding carboxylic acids is 2. The van der Waals surface area contributed by atoms with Crippen molar-refractivity contribution in [2.45, 2.75) is 0 Å². The summed E-state index contributed by atoms with van der Waals surface area (Å²) in [6, 6.07) is 7.37. The van der Waals surface area contributed by atoms with Crippen LogP contribution >= 0.6 is 0 Å². The minimum Gasteiger partial charge on any atom is -0.379 e. The van der Waals surface area contributed by atoms with E-state index in [4.69, 9.17) is 4.74 Å². The Kier molecular flexibility index (Phi) is 3.66. The SMILES string of the molecule is O=C1CN(C(=O)CN2CCOCC2)c2ccccc2N1. The van der Waals surface area contributed by atoms with E-state index in [2.05, 4.69) is 10.2 Å². The number of fused-ring (bicyclic) bond motifs is 1. The number of hydrogen-bond donors (Lipinski definition) is 1. The van der Waals surface area contributed by atoms with Gasteiger partial charge in [0.15, 0.2) is 0 Å². The minimum atomic E-state index is -0.154. The van der Waals surface area contributed by atoms with Crippen molar-refractivity contribution < 1.29 is 14.3 Å². The molecular weight excluding hydrogens is 258 g/mol. The summed E-state index contributed by atoms with van der Waals surface area (Å²) in [4.78, 5) is 27.7. The number of nitrogens with zero attached hydrogens (tertiary/aromatic N) is 2. The maximum atomic E-state index is 12.4. The number of benzene rings is 1. The highest BCUT2D eigenvalue weighted by molar-refractivity contribution is 6.10. The standard InChI is InChI=1S/C14H17N3O3/c18-13-9-17(12-4-2-1-3-11(12)15-13)14(19)10-16-5-7-20-8-6-16/h1-4H,5-10H2,(H,15,18). The molecule has 1 aromatic carbocycles. The van der Waals surface area contributed by atoms with Gasteiger partial charge in [0, 0.05) is 13.1 Å². The molecule has 1 aromatic rings. The number of nitrogens with one attached hydrogen (secondary N) is 1. The van der Waals surface area contributed by atoms with Crippen LogP contribution in [0.1, 0.15) is 0 Å². The largest absolute Gasteiger partial charge is 0.379 e. The molecule has 1 N–H and O–H groups in total. The molecule has 0 aromatic heterocycles. The molecule has 106 valence electrons. The van der Waals surface area contributed by atoms with Gasteiger partial charge >= 0.3 is 0 Å². The summed E-state index contributed by atoms with van der Waals surface area (Å²) in [5, 5.41) is 2.78. The Balaban J connectivity index is 1.75. The van der Waals surface area contributed by atoms with Crippen LogP contribution in [0.2, 0.25) is 0 Å². The van der Waals surface area contributed by atoms with Crippen molar-refractivity contribution in [3.05, 3.63) is 24.3 Å². The number of amides is 2. The lowest BCUT2D eigenvalue weighted by atomic mass is 10.2. The van der Waals surface area contributed by atoms with Gasteiger partial charge < -0.3 is 10.1 Å². The maximum absolute atomic E-state index is 12.4. The van der Waals surface area contributed by atoms with E-state index in [1.54, 1.807) is 11.0 Å². The summed E-state index contributed by atoms with van der Waals surface area (Å²) in [6.45, 7) is 3.24. The third-order valence-corrected chi connectivity index (χ3v) is 3.53. The maximum Gasteiger partial charge on any atom is 0.244 e. The lowest BCUT2D eigenvalue weighted by Gasteiger charge is -2.32. The van der Waals surface area contributed by atoms with Crippen molar-refractivity contribution in [2.24, 2.45) is 0 Å². The Morgan fingerprint density at radius 2 is 2.00 bits per heavy atom. The fourth-order valence-electron chi connectivity index (χ4n) is 2.49. The van der Waals surface area contributed by atoms with Gasteiger partial charge in [0.1, 0.15) is 6.54 Å². The zero-order valence-electron chi connectivity index (χ0n) is 11.2. The second kappa shape index (κ2) is 5.60. The number of ether oxygens (including phenoxy) is 1. The van der Waals surface area contributed by atoms with Gasteiger partial charge in [-0.05, 0) is 12.1 Å². The molecule has 6 nitrogen and oxygen atoms in total. The van der Waals surface area contributed by atoms with E-state index >= 15 is 0 Å². The van der Waals surface area contributed by atoms with Crippen LogP contribution in [0.25, 0.3) is 0 Å². The summed E-state index contributed by atoms with van der Waals surface area (Å²) in [5.41, 5.74) is 1.46. The topological polar surface area (TPSA) is 61.9 Å². The Labute approximate surface area is 117 Å². The number of carbonyl (C=O) groups is 2. The zero-order chi connectivity index (χ0) is 13.9. The monoisotopic (exact) mass is 275 g/mol. The Morgan fingerprint density at radius 3 is 2.80 bits per heavy atom. The molecule has 1 fully saturated rings. The Hall–Kier alpha value is -1.92. The Morgan fingerprint density at radius 1 is 1.25 bits per heavy atom. The van der Waals surface area contributed by atoms with Crippen molar-refractivity contribution in [2.75, 3.05) is 49.6 Å². The highest BCUT2D eigenvalue weighted by Crippen LogP contribution is 2.28. The number of morpholine rings is 1. The van der Waals surface area contributed by atoms with Crippen LogP contribution in [-0.4, -0.2) is 56.1 Å². The van der Waals surface area contributed by atoms with E-state index in [1.807, 2.05) is 18.2 Å². The fourth-order valence-corrected chi connectivity index (χ4v) is 2.49. The summed E-state index contributed by atoms with van der Waals surface area (Å²) < 4.78 is 5.27. The second-order valence-corrected chi connectivity index (χ2v) is 4.93. The van der Waals surface area contributed by atoms with Crippen molar-refractivity contribution in [1.82, 2.24) is 4.90 Å². The second-order valence-electron chi connectivity index (χ2n) is 4.93. The van der Waals surface area contributed by atoms with Gasteiger partial charge in [-0.2, -0.15) is 0 Å². The lowest BCUT2D eigenvalue weighted by Crippen LogP contribution is -2.48. The predicted molar refractivity (Wildman–Crippen MR) is 74.7 cm³/mol. The van der Waals surface area contributed by atoms with E-state index in [9.17, 15) is 9.59 Å². The molecule has 0 atom stereocenters. The summed E-state index contributed by atoms with van der Waals surface area (Å²) in [5.74, 6) is -0.201. The van der Waals surface area contributed by atoms with Crippen molar-refractivity contribution in [3.8, 4) is 0 Å². The quantitative estimate of drug-likeness (QED) is 0.843.